The Morgan fingerprint density at radius 2 is 1.62 bits per heavy atom. The summed E-state index contributed by atoms with van der Waals surface area (Å²) in [4.78, 5) is 36.5. The molecule has 0 heterocycles. The van der Waals surface area contributed by atoms with E-state index in [0.29, 0.717) is 38.5 Å². The lowest BCUT2D eigenvalue weighted by Gasteiger charge is -2.60. The molecule has 2 aliphatic rings. The number of carbonyl (C=O) groups excluding carboxylic acids is 2. The van der Waals surface area contributed by atoms with Gasteiger partial charge in [-0.1, -0.05) is 57.3 Å². The Morgan fingerprint density at radius 3 is 2.16 bits per heavy atom. The highest BCUT2D eigenvalue weighted by Gasteiger charge is 2.61. The van der Waals surface area contributed by atoms with Crippen LogP contribution in [-0.2, 0) is 23.9 Å². The van der Waals surface area contributed by atoms with Gasteiger partial charge in [0.05, 0.1) is 6.61 Å². The standard InChI is InChI=1S/C30H48O7/c1-7-9-11-26(34)36-23-18-21(4)22(14-13-20(3)17-25(32)33)29(5)16-15-24(30(6,19-31)28(23)29)37-27(35)12-10-8-2/h17,23-24,28,31H,7-16,18-19H2,1-6H3,(H,32,33)/b20-17+/t23?,24-,28?,29?,30+/m1/s1. The number of aliphatic carboxylic acids is 1. The molecule has 1 saturated carbocycles. The largest absolute Gasteiger partial charge is 0.478 e. The van der Waals surface area contributed by atoms with Gasteiger partial charge in [0, 0.05) is 36.7 Å². The van der Waals surface area contributed by atoms with Gasteiger partial charge in [-0.15, -0.1) is 0 Å². The zero-order chi connectivity index (χ0) is 27.8. The molecule has 210 valence electrons. The molecule has 0 saturated heterocycles. The number of hydrogen-bond donors (Lipinski definition) is 2. The van der Waals surface area contributed by atoms with E-state index in [0.717, 1.165) is 43.3 Å². The molecule has 2 N–H and O–H groups in total. The van der Waals surface area contributed by atoms with Crippen molar-refractivity contribution in [3.63, 3.8) is 0 Å². The summed E-state index contributed by atoms with van der Waals surface area (Å²) in [5.74, 6) is -1.67. The quantitative estimate of drug-likeness (QED) is 0.171. The SMILES string of the molecule is CCCCC(=O)OC1CC(C)=C(CC/C(C)=C/C(=O)O)C2(C)CC[C@@H](OC(=O)CCCC)[C@](C)(CO)C12. The van der Waals surface area contributed by atoms with E-state index in [1.54, 1.807) is 0 Å². The minimum atomic E-state index is -0.951. The Bertz CT molecular complexity index is 888. The number of allylic oxidation sites excluding steroid dienone is 2. The van der Waals surface area contributed by atoms with Gasteiger partial charge in [0.2, 0.25) is 0 Å². The summed E-state index contributed by atoms with van der Waals surface area (Å²) in [6.45, 7) is 11.9. The number of carboxylic acids is 1. The van der Waals surface area contributed by atoms with E-state index >= 15 is 0 Å². The first kappa shape index (κ1) is 31.1. The number of unbranched alkanes of at least 4 members (excludes halogenated alkanes) is 2. The van der Waals surface area contributed by atoms with Gasteiger partial charge in [0.25, 0.3) is 0 Å². The third kappa shape index (κ3) is 7.46. The molecule has 3 unspecified atom stereocenters. The molecule has 2 rings (SSSR count). The van der Waals surface area contributed by atoms with Crippen molar-refractivity contribution in [3.8, 4) is 0 Å². The molecule has 5 atom stereocenters. The van der Waals surface area contributed by atoms with E-state index in [1.807, 2.05) is 27.7 Å². The molecular weight excluding hydrogens is 472 g/mol. The van der Waals surface area contributed by atoms with Crippen LogP contribution in [0.2, 0.25) is 0 Å². The number of fused-ring (bicyclic) bond motifs is 1. The molecule has 0 aromatic heterocycles. The van der Waals surface area contributed by atoms with Crippen LogP contribution in [0.15, 0.2) is 22.8 Å². The summed E-state index contributed by atoms with van der Waals surface area (Å²) in [5, 5.41) is 19.9. The normalized spacial score (nSPS) is 30.0. The number of aliphatic hydroxyl groups excluding tert-OH is 1. The monoisotopic (exact) mass is 520 g/mol. The van der Waals surface area contributed by atoms with Crippen LogP contribution in [0.4, 0.5) is 0 Å². The number of rotatable bonds is 13. The Balaban J connectivity index is 2.47. The van der Waals surface area contributed by atoms with Crippen LogP contribution in [0, 0.1) is 16.7 Å². The third-order valence-corrected chi connectivity index (χ3v) is 8.65. The summed E-state index contributed by atoms with van der Waals surface area (Å²) >= 11 is 0. The number of hydrogen-bond acceptors (Lipinski definition) is 6. The third-order valence-electron chi connectivity index (χ3n) is 8.65. The van der Waals surface area contributed by atoms with Gasteiger partial charge in [-0.2, -0.15) is 0 Å². The van der Waals surface area contributed by atoms with Crippen molar-refractivity contribution in [1.82, 2.24) is 0 Å². The van der Waals surface area contributed by atoms with E-state index in [2.05, 4.69) is 13.8 Å². The Labute approximate surface area is 222 Å². The van der Waals surface area contributed by atoms with E-state index in [-0.39, 0.29) is 29.9 Å². The van der Waals surface area contributed by atoms with Crippen molar-refractivity contribution in [1.29, 1.82) is 0 Å². The van der Waals surface area contributed by atoms with Gasteiger partial charge in [0.1, 0.15) is 12.2 Å². The Kier molecular flexibility index (Phi) is 11.4. The predicted molar refractivity (Wildman–Crippen MR) is 143 cm³/mol. The summed E-state index contributed by atoms with van der Waals surface area (Å²) < 4.78 is 12.1. The van der Waals surface area contributed by atoms with E-state index in [1.165, 1.54) is 11.6 Å². The number of ether oxygens (including phenoxy) is 2. The maximum absolute atomic E-state index is 12.8. The first-order chi connectivity index (χ1) is 17.4. The van der Waals surface area contributed by atoms with E-state index < -0.39 is 23.6 Å². The lowest BCUT2D eigenvalue weighted by molar-refractivity contribution is -0.200. The zero-order valence-corrected chi connectivity index (χ0v) is 23.7. The number of carboxylic acid groups (broad SMARTS) is 1. The summed E-state index contributed by atoms with van der Waals surface area (Å²) in [6, 6.07) is 0. The summed E-state index contributed by atoms with van der Waals surface area (Å²) in [7, 11) is 0. The molecule has 0 bridgehead atoms. The second kappa shape index (κ2) is 13.6. The minimum Gasteiger partial charge on any atom is -0.478 e. The average molecular weight is 521 g/mol. The molecule has 0 spiro atoms. The highest BCUT2D eigenvalue weighted by atomic mass is 16.6. The van der Waals surface area contributed by atoms with Crippen molar-refractivity contribution < 1.29 is 34.1 Å². The molecule has 37 heavy (non-hydrogen) atoms. The van der Waals surface area contributed by atoms with Crippen LogP contribution in [0.5, 0.6) is 0 Å². The average Bonchev–Trinajstić information content (AvgIpc) is 2.82. The van der Waals surface area contributed by atoms with Gasteiger partial charge in [-0.05, 0) is 57.8 Å². The second-order valence-corrected chi connectivity index (χ2v) is 11.6. The smallest absolute Gasteiger partial charge is 0.328 e. The maximum atomic E-state index is 12.8. The van der Waals surface area contributed by atoms with Crippen LogP contribution >= 0.6 is 0 Å². The highest BCUT2D eigenvalue weighted by Crippen LogP contribution is 2.61. The van der Waals surface area contributed by atoms with Crippen LogP contribution in [0.25, 0.3) is 0 Å². The molecule has 7 nitrogen and oxygen atoms in total. The number of aliphatic hydroxyl groups is 1. The summed E-state index contributed by atoms with van der Waals surface area (Å²) in [5.41, 5.74) is 2.03. The Morgan fingerprint density at radius 1 is 1.03 bits per heavy atom. The number of esters is 2. The number of carbonyl (C=O) groups is 3. The fourth-order valence-electron chi connectivity index (χ4n) is 6.74. The van der Waals surface area contributed by atoms with Gasteiger partial charge >= 0.3 is 17.9 Å². The predicted octanol–water partition coefficient (Wildman–Crippen LogP) is 6.14. The first-order valence-corrected chi connectivity index (χ1v) is 14.0. The first-order valence-electron chi connectivity index (χ1n) is 14.0. The van der Waals surface area contributed by atoms with Crippen molar-refractivity contribution in [2.75, 3.05) is 6.61 Å². The van der Waals surface area contributed by atoms with Crippen molar-refractivity contribution in [3.05, 3.63) is 22.8 Å². The molecule has 7 heteroatoms. The van der Waals surface area contributed by atoms with Crippen LogP contribution in [0.3, 0.4) is 0 Å². The summed E-state index contributed by atoms with van der Waals surface area (Å²) in [6.07, 6.45) is 7.61. The lowest BCUT2D eigenvalue weighted by Crippen LogP contribution is -2.61. The fraction of sp³-hybridized carbons (Fsp3) is 0.767. The molecule has 0 aliphatic heterocycles. The Hall–Kier alpha value is -2.15. The highest BCUT2D eigenvalue weighted by molar-refractivity contribution is 5.80. The van der Waals surface area contributed by atoms with E-state index in [4.69, 9.17) is 14.6 Å². The van der Waals surface area contributed by atoms with Gasteiger partial charge in [-0.25, -0.2) is 4.79 Å². The van der Waals surface area contributed by atoms with Crippen LogP contribution in [-0.4, -0.2) is 46.9 Å². The van der Waals surface area contributed by atoms with Crippen molar-refractivity contribution in [2.24, 2.45) is 16.7 Å². The van der Waals surface area contributed by atoms with Gasteiger partial charge in [0.15, 0.2) is 0 Å². The molecule has 0 aromatic carbocycles. The van der Waals surface area contributed by atoms with Crippen LogP contribution in [0.1, 0.15) is 112 Å². The fourth-order valence-corrected chi connectivity index (χ4v) is 6.74. The van der Waals surface area contributed by atoms with E-state index in [9.17, 15) is 19.5 Å². The van der Waals surface area contributed by atoms with Gasteiger partial charge in [-0.3, -0.25) is 9.59 Å². The molecular formula is C30H48O7. The van der Waals surface area contributed by atoms with Crippen molar-refractivity contribution in [2.45, 2.75) is 124 Å². The topological polar surface area (TPSA) is 110 Å². The molecule has 0 amide bonds. The lowest BCUT2D eigenvalue weighted by atomic mass is 9.47. The van der Waals surface area contributed by atoms with Gasteiger partial charge < -0.3 is 19.7 Å². The zero-order valence-electron chi connectivity index (χ0n) is 23.7. The molecule has 2 aliphatic carbocycles. The maximum Gasteiger partial charge on any atom is 0.328 e. The molecule has 0 aromatic rings. The molecule has 1 fully saturated rings. The van der Waals surface area contributed by atoms with Crippen molar-refractivity contribution >= 4 is 17.9 Å². The molecule has 0 radical (unpaired) electrons. The minimum absolute atomic E-state index is 0.188. The second-order valence-electron chi connectivity index (χ2n) is 11.6. The van der Waals surface area contributed by atoms with Crippen LogP contribution < -0.4 is 0 Å².